The van der Waals surface area contributed by atoms with Crippen LogP contribution in [-0.2, 0) is 12.7 Å². The lowest BCUT2D eigenvalue weighted by Crippen LogP contribution is -2.22. The minimum Gasteiger partial charge on any atom is -0.507 e. The number of fused-ring (bicyclic) bond motifs is 1. The van der Waals surface area contributed by atoms with Gasteiger partial charge in [-0.15, -0.1) is 0 Å². The number of halogens is 5. The number of nitrogens with zero attached hydrogens (tertiary/aromatic N) is 4. The van der Waals surface area contributed by atoms with Crippen molar-refractivity contribution in [2.75, 3.05) is 23.7 Å². The lowest BCUT2D eigenvalue weighted by Gasteiger charge is -2.21. The van der Waals surface area contributed by atoms with Crippen LogP contribution in [0.15, 0.2) is 60.7 Å². The van der Waals surface area contributed by atoms with Crippen molar-refractivity contribution in [3.05, 3.63) is 82.0 Å². The second-order valence-corrected chi connectivity index (χ2v) is 10.3. The number of imidazole rings is 1. The summed E-state index contributed by atoms with van der Waals surface area (Å²) in [7, 11) is 0. The summed E-state index contributed by atoms with van der Waals surface area (Å²) in [6, 6.07) is 16.5. The van der Waals surface area contributed by atoms with Crippen LogP contribution in [0.2, 0.25) is 10.0 Å². The van der Waals surface area contributed by atoms with Crippen LogP contribution in [0.4, 0.5) is 36.6 Å². The molecule has 13 heteroatoms. The minimum absolute atomic E-state index is 0.102. The Hall–Kier alpha value is -4.06. The number of nitrogens with one attached hydrogen (secondary N) is 3. The number of rotatable bonds is 9. The van der Waals surface area contributed by atoms with E-state index in [9.17, 15) is 18.3 Å². The van der Waals surface area contributed by atoms with Gasteiger partial charge in [-0.25, -0.2) is 9.97 Å². The topological polar surface area (TPSA) is 102 Å². The van der Waals surface area contributed by atoms with E-state index in [1.54, 1.807) is 18.2 Å². The van der Waals surface area contributed by atoms with Crippen molar-refractivity contribution in [1.29, 1.82) is 0 Å². The quantitative estimate of drug-likeness (QED) is 0.123. The average molecular weight is 616 g/mol. The number of aromatic nitrogens is 4. The Morgan fingerprint density at radius 3 is 2.31 bits per heavy atom. The first-order valence-electron chi connectivity index (χ1n) is 13.0. The third-order valence-corrected chi connectivity index (χ3v) is 7.33. The Bertz CT molecular complexity index is 1690. The number of hydrogen-bond acceptors (Lipinski definition) is 7. The monoisotopic (exact) mass is 615 g/mol. The van der Waals surface area contributed by atoms with E-state index in [-0.39, 0.29) is 28.5 Å². The van der Waals surface area contributed by atoms with Gasteiger partial charge < -0.3 is 15.4 Å². The van der Waals surface area contributed by atoms with Gasteiger partial charge in [0, 0.05) is 29.4 Å². The van der Waals surface area contributed by atoms with Crippen LogP contribution in [0.1, 0.15) is 25.1 Å². The standard InChI is InChI=1S/C29H26Cl2F3N7O/c1-3-41(4-2)15-17-10-18(11-19(26(17)42)16-8-6-5-7-9-16)35-25-14-24(29(32,33)34)38-28(39-25)40-27-36-22-12-20(30)21(31)13-23(22)37-27/h5-14,42H,3-4,15H2,1-2H3,(H3,35,36,37,38,39,40). The summed E-state index contributed by atoms with van der Waals surface area (Å²) in [5.41, 5.74) is 2.17. The molecule has 0 saturated carbocycles. The van der Waals surface area contributed by atoms with Crippen LogP contribution in [0.3, 0.4) is 0 Å². The second-order valence-electron chi connectivity index (χ2n) is 9.44. The van der Waals surface area contributed by atoms with E-state index in [0.29, 0.717) is 39.4 Å². The summed E-state index contributed by atoms with van der Waals surface area (Å²) in [4.78, 5) is 17.3. The van der Waals surface area contributed by atoms with Gasteiger partial charge in [0.25, 0.3) is 0 Å². The molecular weight excluding hydrogens is 590 g/mol. The number of H-pyrrole nitrogens is 1. The molecule has 0 spiro atoms. The fourth-order valence-electron chi connectivity index (χ4n) is 4.44. The van der Waals surface area contributed by atoms with Crippen LogP contribution in [0, 0.1) is 0 Å². The number of anilines is 4. The van der Waals surface area contributed by atoms with Crippen LogP contribution < -0.4 is 10.6 Å². The molecule has 0 radical (unpaired) electrons. The molecule has 0 amide bonds. The third-order valence-electron chi connectivity index (χ3n) is 6.61. The summed E-state index contributed by atoms with van der Waals surface area (Å²) in [6.45, 7) is 5.98. The van der Waals surface area contributed by atoms with Crippen molar-refractivity contribution in [3.8, 4) is 16.9 Å². The highest BCUT2D eigenvalue weighted by atomic mass is 35.5. The Labute approximate surface area is 249 Å². The van der Waals surface area contributed by atoms with Gasteiger partial charge in [0.15, 0.2) is 5.69 Å². The summed E-state index contributed by atoms with van der Waals surface area (Å²) in [6.07, 6.45) is -4.75. The van der Waals surface area contributed by atoms with Crippen molar-refractivity contribution < 1.29 is 18.3 Å². The lowest BCUT2D eigenvalue weighted by atomic mass is 9.99. The smallest absolute Gasteiger partial charge is 0.433 e. The zero-order valence-electron chi connectivity index (χ0n) is 22.5. The van der Waals surface area contributed by atoms with Crippen molar-refractivity contribution in [2.24, 2.45) is 0 Å². The summed E-state index contributed by atoms with van der Waals surface area (Å²) < 4.78 is 41.6. The lowest BCUT2D eigenvalue weighted by molar-refractivity contribution is -0.141. The van der Waals surface area contributed by atoms with Crippen molar-refractivity contribution in [1.82, 2.24) is 24.8 Å². The third kappa shape index (κ3) is 6.53. The van der Waals surface area contributed by atoms with Crippen LogP contribution >= 0.6 is 23.2 Å². The first-order valence-corrected chi connectivity index (χ1v) is 13.8. The molecule has 218 valence electrons. The molecule has 0 unspecified atom stereocenters. The van der Waals surface area contributed by atoms with Gasteiger partial charge >= 0.3 is 6.18 Å². The maximum absolute atomic E-state index is 13.9. The Morgan fingerprint density at radius 2 is 1.62 bits per heavy atom. The molecule has 8 nitrogen and oxygen atoms in total. The predicted octanol–water partition coefficient (Wildman–Crippen LogP) is 8.38. The number of aromatic hydroxyl groups is 1. The van der Waals surface area contributed by atoms with Gasteiger partial charge in [0.2, 0.25) is 11.9 Å². The largest absolute Gasteiger partial charge is 0.507 e. The molecule has 5 rings (SSSR count). The molecule has 4 N–H and O–H groups in total. The van der Waals surface area contributed by atoms with E-state index < -0.39 is 11.9 Å². The Morgan fingerprint density at radius 1 is 0.905 bits per heavy atom. The van der Waals surface area contributed by atoms with Gasteiger partial charge in [0.1, 0.15) is 11.6 Å². The number of alkyl halides is 3. The zero-order chi connectivity index (χ0) is 30.0. The fourth-order valence-corrected chi connectivity index (χ4v) is 4.77. The second kappa shape index (κ2) is 12.0. The predicted molar refractivity (Wildman–Crippen MR) is 160 cm³/mol. The number of phenolic OH excluding ortho intramolecular Hbond substituents is 1. The molecular formula is C29H26Cl2F3N7O. The molecule has 2 aromatic heterocycles. The van der Waals surface area contributed by atoms with Crippen LogP contribution in [0.25, 0.3) is 22.2 Å². The number of aromatic amines is 1. The van der Waals surface area contributed by atoms with E-state index >= 15 is 0 Å². The fraction of sp³-hybridized carbons (Fsp3) is 0.207. The minimum atomic E-state index is -4.75. The molecule has 0 bridgehead atoms. The highest BCUT2D eigenvalue weighted by Gasteiger charge is 2.34. The van der Waals surface area contributed by atoms with Crippen LogP contribution in [0.5, 0.6) is 5.75 Å². The Kier molecular flexibility index (Phi) is 8.44. The molecule has 5 aromatic rings. The van der Waals surface area contributed by atoms with Crippen LogP contribution in [-0.4, -0.2) is 43.0 Å². The van der Waals surface area contributed by atoms with Crippen molar-refractivity contribution in [3.63, 3.8) is 0 Å². The van der Waals surface area contributed by atoms with Gasteiger partial charge in [-0.2, -0.15) is 18.2 Å². The van der Waals surface area contributed by atoms with E-state index in [4.69, 9.17) is 23.2 Å². The first kappa shape index (κ1) is 29.4. The van der Waals surface area contributed by atoms with E-state index in [0.717, 1.165) is 24.7 Å². The molecule has 0 atom stereocenters. The van der Waals surface area contributed by atoms with Crippen molar-refractivity contribution in [2.45, 2.75) is 26.6 Å². The van der Waals surface area contributed by atoms with Gasteiger partial charge in [-0.05, 0) is 42.9 Å². The highest BCUT2D eigenvalue weighted by Crippen LogP contribution is 2.38. The normalized spacial score (nSPS) is 11.8. The molecule has 3 aromatic carbocycles. The summed E-state index contributed by atoms with van der Waals surface area (Å²) >= 11 is 12.1. The summed E-state index contributed by atoms with van der Waals surface area (Å²) in [5.74, 6) is -0.245. The van der Waals surface area contributed by atoms with Gasteiger partial charge in [-0.1, -0.05) is 67.4 Å². The maximum atomic E-state index is 13.9. The van der Waals surface area contributed by atoms with Gasteiger partial charge in [0.05, 0.1) is 21.1 Å². The zero-order valence-corrected chi connectivity index (χ0v) is 24.0. The van der Waals surface area contributed by atoms with Crippen molar-refractivity contribution >= 4 is 57.6 Å². The molecule has 0 aliphatic carbocycles. The molecule has 0 aliphatic rings. The maximum Gasteiger partial charge on any atom is 0.433 e. The average Bonchev–Trinajstić information content (AvgIpc) is 3.33. The van der Waals surface area contributed by atoms with E-state index in [2.05, 4.69) is 35.5 Å². The SMILES string of the molecule is CCN(CC)Cc1cc(Nc2cc(C(F)(F)F)nc(Nc3nc4cc(Cl)c(Cl)cc4[nH]3)n2)cc(-c2ccccc2)c1O. The molecule has 42 heavy (non-hydrogen) atoms. The summed E-state index contributed by atoms with van der Waals surface area (Å²) in [5, 5.41) is 17.4. The number of benzene rings is 3. The molecule has 0 aliphatic heterocycles. The van der Waals surface area contributed by atoms with E-state index in [1.807, 2.05) is 44.2 Å². The number of phenols is 1. The Balaban J connectivity index is 1.54. The molecule has 2 heterocycles. The van der Waals surface area contributed by atoms with Gasteiger partial charge in [-0.3, -0.25) is 10.2 Å². The first-order chi connectivity index (χ1) is 20.0. The highest BCUT2D eigenvalue weighted by molar-refractivity contribution is 6.42. The van der Waals surface area contributed by atoms with E-state index in [1.165, 1.54) is 6.07 Å². The number of hydrogen-bond donors (Lipinski definition) is 4. The molecule has 0 saturated heterocycles. The molecule has 0 fully saturated rings.